The summed E-state index contributed by atoms with van der Waals surface area (Å²) in [6.45, 7) is 10.7. The van der Waals surface area contributed by atoms with E-state index >= 15 is 0 Å². The number of hydrogen-bond acceptors (Lipinski definition) is 3. The molecule has 0 radical (unpaired) electrons. The number of nitrogens with one attached hydrogen (secondary N) is 1. The molecule has 1 N–H and O–H groups in total. The maximum atomic E-state index is 11.7. The molecule has 1 atom stereocenters. The molecule has 0 aromatic carbocycles. The van der Waals surface area contributed by atoms with Crippen molar-refractivity contribution in [2.75, 3.05) is 19.6 Å². The third kappa shape index (κ3) is 1.90. The zero-order valence-electron chi connectivity index (χ0n) is 10.7. The molecule has 0 unspecified atom stereocenters. The molecule has 0 bridgehead atoms. The van der Waals surface area contributed by atoms with E-state index in [0.29, 0.717) is 11.5 Å². The highest BCUT2D eigenvalue weighted by atomic mass is 16.6. The molecule has 1 amide bonds. The van der Waals surface area contributed by atoms with Crippen molar-refractivity contribution in [2.45, 2.75) is 45.8 Å². The van der Waals surface area contributed by atoms with E-state index in [1.807, 2.05) is 25.7 Å². The summed E-state index contributed by atoms with van der Waals surface area (Å²) < 4.78 is 5.34. The predicted octanol–water partition coefficient (Wildman–Crippen LogP) is 1.61. The molecule has 4 nitrogen and oxygen atoms in total. The van der Waals surface area contributed by atoms with Crippen LogP contribution in [0.5, 0.6) is 0 Å². The Morgan fingerprint density at radius 3 is 2.50 bits per heavy atom. The van der Waals surface area contributed by atoms with Crippen LogP contribution in [0.4, 0.5) is 4.79 Å². The molecule has 2 heterocycles. The van der Waals surface area contributed by atoms with E-state index < -0.39 is 0 Å². The van der Waals surface area contributed by atoms with E-state index in [-0.39, 0.29) is 11.7 Å². The van der Waals surface area contributed by atoms with Crippen LogP contribution in [0, 0.1) is 5.41 Å². The first-order valence-electron chi connectivity index (χ1n) is 6.08. The predicted molar refractivity (Wildman–Crippen MR) is 62.3 cm³/mol. The minimum atomic E-state index is -0.387. The standard InChI is InChI=1S/C12H22N2O2/c1-5-9-12(6-13-9)7-14(8-12)10(15)16-11(2,3)4/h9,13H,5-8H2,1-4H3/t9-/m0/s1. The Labute approximate surface area is 97.3 Å². The Morgan fingerprint density at radius 2 is 2.12 bits per heavy atom. The number of hydrogen-bond donors (Lipinski definition) is 1. The summed E-state index contributed by atoms with van der Waals surface area (Å²) in [5, 5.41) is 3.42. The highest BCUT2D eigenvalue weighted by Crippen LogP contribution is 2.41. The van der Waals surface area contributed by atoms with Crippen molar-refractivity contribution in [3.8, 4) is 0 Å². The van der Waals surface area contributed by atoms with Crippen LogP contribution in [0.3, 0.4) is 0 Å². The minimum Gasteiger partial charge on any atom is -0.444 e. The quantitative estimate of drug-likeness (QED) is 0.738. The summed E-state index contributed by atoms with van der Waals surface area (Å²) in [7, 11) is 0. The van der Waals surface area contributed by atoms with E-state index in [1.54, 1.807) is 0 Å². The van der Waals surface area contributed by atoms with Gasteiger partial charge in [-0.05, 0) is 27.2 Å². The summed E-state index contributed by atoms with van der Waals surface area (Å²) in [6.07, 6.45) is 0.974. The average molecular weight is 226 g/mol. The van der Waals surface area contributed by atoms with Gasteiger partial charge in [-0.1, -0.05) is 6.92 Å². The number of carbonyl (C=O) groups is 1. The molecule has 2 fully saturated rings. The molecule has 2 aliphatic rings. The highest BCUT2D eigenvalue weighted by Gasteiger charge is 2.55. The number of carbonyl (C=O) groups excluding carboxylic acids is 1. The van der Waals surface area contributed by atoms with Crippen LogP contribution in [0.1, 0.15) is 34.1 Å². The second-order valence-electron chi connectivity index (χ2n) is 6.04. The maximum Gasteiger partial charge on any atom is 0.410 e. The molecule has 2 aliphatic heterocycles. The molecule has 92 valence electrons. The fourth-order valence-corrected chi connectivity index (χ4v) is 2.61. The summed E-state index contributed by atoms with van der Waals surface area (Å²) in [6, 6.07) is 0.589. The molecule has 16 heavy (non-hydrogen) atoms. The van der Waals surface area contributed by atoms with Gasteiger partial charge >= 0.3 is 6.09 Å². The Bertz CT molecular complexity index is 288. The molecule has 0 saturated carbocycles. The van der Waals surface area contributed by atoms with Gasteiger partial charge in [0.1, 0.15) is 5.60 Å². The second kappa shape index (κ2) is 3.62. The maximum absolute atomic E-state index is 11.7. The first-order valence-corrected chi connectivity index (χ1v) is 6.08. The Balaban J connectivity index is 1.82. The molecule has 2 rings (SSSR count). The van der Waals surface area contributed by atoms with Gasteiger partial charge in [-0.15, -0.1) is 0 Å². The highest BCUT2D eigenvalue weighted by molar-refractivity contribution is 5.69. The van der Waals surface area contributed by atoms with Crippen molar-refractivity contribution in [2.24, 2.45) is 5.41 Å². The zero-order chi connectivity index (χ0) is 12.0. The monoisotopic (exact) mass is 226 g/mol. The van der Waals surface area contributed by atoms with E-state index in [1.165, 1.54) is 0 Å². The van der Waals surface area contributed by atoms with Gasteiger partial charge in [0.05, 0.1) is 0 Å². The normalized spacial score (nSPS) is 27.2. The van der Waals surface area contributed by atoms with Gasteiger partial charge in [-0.25, -0.2) is 4.79 Å². The molecule has 0 aromatic heterocycles. The topological polar surface area (TPSA) is 41.6 Å². The van der Waals surface area contributed by atoms with Crippen LogP contribution in [0.2, 0.25) is 0 Å². The van der Waals surface area contributed by atoms with Gasteiger partial charge in [-0.3, -0.25) is 0 Å². The smallest absolute Gasteiger partial charge is 0.410 e. The summed E-state index contributed by atoms with van der Waals surface area (Å²) in [5.41, 5.74) is -0.0342. The molecule has 0 aliphatic carbocycles. The number of amides is 1. The third-order valence-corrected chi connectivity index (χ3v) is 3.51. The van der Waals surface area contributed by atoms with E-state index in [9.17, 15) is 4.79 Å². The van der Waals surface area contributed by atoms with Gasteiger partial charge in [0.15, 0.2) is 0 Å². The summed E-state index contributed by atoms with van der Waals surface area (Å²) >= 11 is 0. The number of likely N-dealkylation sites (tertiary alicyclic amines) is 1. The lowest BCUT2D eigenvalue weighted by Crippen LogP contribution is -2.77. The Morgan fingerprint density at radius 1 is 1.50 bits per heavy atom. The second-order valence-corrected chi connectivity index (χ2v) is 6.04. The number of nitrogens with zero attached hydrogens (tertiary/aromatic N) is 1. The average Bonchev–Trinajstić information content (AvgIpc) is 1.96. The third-order valence-electron chi connectivity index (χ3n) is 3.51. The van der Waals surface area contributed by atoms with E-state index in [4.69, 9.17) is 4.74 Å². The van der Waals surface area contributed by atoms with E-state index in [0.717, 1.165) is 26.1 Å². The van der Waals surface area contributed by atoms with Crippen LogP contribution in [-0.2, 0) is 4.74 Å². The molecular weight excluding hydrogens is 204 g/mol. The van der Waals surface area contributed by atoms with E-state index in [2.05, 4.69) is 12.2 Å². The van der Waals surface area contributed by atoms with Gasteiger partial charge < -0.3 is 15.0 Å². The zero-order valence-corrected chi connectivity index (χ0v) is 10.7. The number of ether oxygens (including phenoxy) is 1. The van der Waals surface area contributed by atoms with Crippen molar-refractivity contribution < 1.29 is 9.53 Å². The van der Waals surface area contributed by atoms with Crippen LogP contribution < -0.4 is 5.32 Å². The summed E-state index contributed by atoms with van der Waals surface area (Å²) in [4.78, 5) is 13.6. The fraction of sp³-hybridized carbons (Fsp3) is 0.917. The first-order chi connectivity index (χ1) is 7.36. The molecule has 1 spiro atoms. The lowest BCUT2D eigenvalue weighted by Gasteiger charge is -2.60. The molecule has 0 aromatic rings. The van der Waals surface area contributed by atoms with Gasteiger partial charge in [0.2, 0.25) is 0 Å². The van der Waals surface area contributed by atoms with Crippen LogP contribution in [0.15, 0.2) is 0 Å². The van der Waals surface area contributed by atoms with Crippen molar-refractivity contribution in [3.63, 3.8) is 0 Å². The van der Waals surface area contributed by atoms with Crippen LogP contribution >= 0.6 is 0 Å². The molecular formula is C12H22N2O2. The van der Waals surface area contributed by atoms with Crippen molar-refractivity contribution >= 4 is 6.09 Å². The first kappa shape index (κ1) is 11.7. The minimum absolute atomic E-state index is 0.167. The summed E-state index contributed by atoms with van der Waals surface area (Å²) in [5.74, 6) is 0. The van der Waals surface area contributed by atoms with Crippen LogP contribution in [0.25, 0.3) is 0 Å². The Kier molecular flexibility index (Phi) is 2.65. The SMILES string of the molecule is CC[C@@H]1NCC12CN(C(=O)OC(C)(C)C)C2. The molecule has 4 heteroatoms. The number of rotatable bonds is 1. The van der Waals surface area contributed by atoms with Crippen molar-refractivity contribution in [3.05, 3.63) is 0 Å². The fourth-order valence-electron chi connectivity index (χ4n) is 2.61. The largest absolute Gasteiger partial charge is 0.444 e. The van der Waals surface area contributed by atoms with Gasteiger partial charge in [0, 0.05) is 31.1 Å². The van der Waals surface area contributed by atoms with Crippen molar-refractivity contribution in [1.82, 2.24) is 10.2 Å². The van der Waals surface area contributed by atoms with Crippen LogP contribution in [-0.4, -0.2) is 42.3 Å². The van der Waals surface area contributed by atoms with Gasteiger partial charge in [-0.2, -0.15) is 0 Å². The lowest BCUT2D eigenvalue weighted by atomic mass is 9.67. The molecule has 2 saturated heterocycles. The van der Waals surface area contributed by atoms with Gasteiger partial charge in [0.25, 0.3) is 0 Å². The lowest BCUT2D eigenvalue weighted by molar-refractivity contribution is -0.0846. The Hall–Kier alpha value is -0.770. The van der Waals surface area contributed by atoms with Crippen molar-refractivity contribution in [1.29, 1.82) is 0 Å².